The van der Waals surface area contributed by atoms with Crippen LogP contribution in [0, 0.1) is 0 Å². The van der Waals surface area contributed by atoms with Gasteiger partial charge in [0.1, 0.15) is 0 Å². The van der Waals surface area contributed by atoms with Crippen LogP contribution in [0.3, 0.4) is 0 Å². The zero-order valence-electron chi connectivity index (χ0n) is 18.3. The van der Waals surface area contributed by atoms with E-state index in [0.717, 1.165) is 12.0 Å². The van der Waals surface area contributed by atoms with E-state index in [1.165, 1.54) is 23.9 Å². The number of amides is 1. The Hall–Kier alpha value is -3.26. The fraction of sp³-hybridized carbons (Fsp3) is 0.292. The highest BCUT2D eigenvalue weighted by Gasteiger charge is 2.32. The fourth-order valence-corrected chi connectivity index (χ4v) is 4.12. The van der Waals surface area contributed by atoms with Gasteiger partial charge >= 0.3 is 5.97 Å². The number of carboxylic acids is 1. The molecule has 1 fully saturated rings. The molecule has 2 aromatic rings. The molecule has 1 heterocycles. The maximum atomic E-state index is 12.9. The number of aromatic carboxylic acids is 1. The van der Waals surface area contributed by atoms with Gasteiger partial charge in [0.15, 0.2) is 16.7 Å². The first-order valence-corrected chi connectivity index (χ1v) is 11.3. The number of rotatable bonds is 9. The number of carbonyl (C=O) groups excluding carboxylic acids is 1. The number of thioether (sulfide) groups is 1. The third kappa shape index (κ3) is 5.50. The van der Waals surface area contributed by atoms with Crippen molar-refractivity contribution < 1.29 is 24.2 Å². The van der Waals surface area contributed by atoms with Gasteiger partial charge < -0.3 is 14.6 Å². The number of amidine groups is 1. The van der Waals surface area contributed by atoms with Crippen molar-refractivity contribution in [3.8, 4) is 11.5 Å². The smallest absolute Gasteiger partial charge is 0.335 e. The zero-order valence-corrected chi connectivity index (χ0v) is 19.1. The molecule has 0 aliphatic carbocycles. The number of carbonyl (C=O) groups is 2. The van der Waals surface area contributed by atoms with Crippen LogP contribution in [0.2, 0.25) is 0 Å². The van der Waals surface area contributed by atoms with Gasteiger partial charge in [0.2, 0.25) is 0 Å². The summed E-state index contributed by atoms with van der Waals surface area (Å²) in [5, 5.41) is 9.71. The summed E-state index contributed by atoms with van der Waals surface area (Å²) in [6, 6.07) is 11.9. The van der Waals surface area contributed by atoms with E-state index in [0.29, 0.717) is 47.0 Å². The molecule has 7 nitrogen and oxygen atoms in total. The quantitative estimate of drug-likeness (QED) is 0.524. The lowest BCUT2D eigenvalue weighted by Crippen LogP contribution is -2.28. The summed E-state index contributed by atoms with van der Waals surface area (Å²) in [5.41, 5.74) is 1.45. The maximum Gasteiger partial charge on any atom is 0.335 e. The van der Waals surface area contributed by atoms with E-state index in [1.807, 2.05) is 39.0 Å². The summed E-state index contributed by atoms with van der Waals surface area (Å²) >= 11 is 1.26. The van der Waals surface area contributed by atoms with E-state index >= 15 is 0 Å². The van der Waals surface area contributed by atoms with Crippen molar-refractivity contribution in [2.24, 2.45) is 4.99 Å². The summed E-state index contributed by atoms with van der Waals surface area (Å²) in [7, 11) is 0. The molecule has 0 atom stereocenters. The second-order valence-electron chi connectivity index (χ2n) is 6.90. The molecule has 0 radical (unpaired) electrons. The van der Waals surface area contributed by atoms with E-state index in [-0.39, 0.29) is 11.5 Å². The van der Waals surface area contributed by atoms with Gasteiger partial charge in [0, 0.05) is 6.54 Å². The first-order chi connectivity index (χ1) is 15.5. The second-order valence-corrected chi connectivity index (χ2v) is 7.91. The molecule has 3 rings (SSSR count). The molecule has 0 bridgehead atoms. The minimum absolute atomic E-state index is 0.144. The Bertz CT molecular complexity index is 1060. The van der Waals surface area contributed by atoms with Crippen LogP contribution in [0.15, 0.2) is 52.4 Å². The summed E-state index contributed by atoms with van der Waals surface area (Å²) < 4.78 is 11.5. The molecular formula is C24H26N2O5S. The van der Waals surface area contributed by atoms with Crippen LogP contribution in [-0.4, -0.2) is 46.8 Å². The number of benzene rings is 2. The van der Waals surface area contributed by atoms with Crippen LogP contribution in [0.4, 0.5) is 5.69 Å². The number of carboxylic acid groups (broad SMARTS) is 1. The van der Waals surface area contributed by atoms with Crippen molar-refractivity contribution in [1.82, 2.24) is 4.90 Å². The fourth-order valence-electron chi connectivity index (χ4n) is 3.05. The highest BCUT2D eigenvalue weighted by atomic mass is 32.2. The number of nitrogens with zero attached hydrogens (tertiary/aromatic N) is 2. The molecule has 168 valence electrons. The molecule has 32 heavy (non-hydrogen) atoms. The summed E-state index contributed by atoms with van der Waals surface area (Å²) in [4.78, 5) is 30.8. The van der Waals surface area contributed by atoms with Gasteiger partial charge in [-0.05, 0) is 74.0 Å². The lowest BCUT2D eigenvalue weighted by atomic mass is 10.2. The van der Waals surface area contributed by atoms with Gasteiger partial charge in [-0.2, -0.15) is 0 Å². The maximum absolute atomic E-state index is 12.9. The van der Waals surface area contributed by atoms with E-state index in [1.54, 1.807) is 23.1 Å². The van der Waals surface area contributed by atoms with Gasteiger partial charge in [0.25, 0.3) is 5.91 Å². The first-order valence-electron chi connectivity index (χ1n) is 10.5. The molecule has 0 unspecified atom stereocenters. The van der Waals surface area contributed by atoms with Crippen molar-refractivity contribution in [1.29, 1.82) is 0 Å². The topological polar surface area (TPSA) is 88.4 Å². The molecule has 0 saturated carbocycles. The monoisotopic (exact) mass is 454 g/mol. The van der Waals surface area contributed by atoms with Crippen LogP contribution in [0.5, 0.6) is 11.5 Å². The Morgan fingerprint density at radius 1 is 1.12 bits per heavy atom. The Morgan fingerprint density at radius 2 is 1.94 bits per heavy atom. The third-order valence-corrected chi connectivity index (χ3v) is 5.56. The van der Waals surface area contributed by atoms with Crippen molar-refractivity contribution >= 4 is 40.6 Å². The molecule has 2 aromatic carbocycles. The van der Waals surface area contributed by atoms with Gasteiger partial charge in [-0.15, -0.1) is 0 Å². The molecular weight excluding hydrogens is 428 g/mol. The van der Waals surface area contributed by atoms with Crippen LogP contribution in [-0.2, 0) is 4.79 Å². The standard InChI is InChI=1S/C24H26N2O5S/c1-4-12-31-19-11-10-16(13-20(19)30-6-3)14-21-22(27)26(5-2)24(32-21)25-18-9-7-8-17(15-18)23(28)29/h7-11,13-15H,4-6,12H2,1-3H3,(H,28,29)/b21-14+,25-24?. The van der Waals surface area contributed by atoms with Gasteiger partial charge in [0.05, 0.1) is 29.4 Å². The number of ether oxygens (including phenoxy) is 2. The lowest BCUT2D eigenvalue weighted by Gasteiger charge is -2.12. The normalized spacial score (nSPS) is 16.1. The Morgan fingerprint density at radius 3 is 2.62 bits per heavy atom. The van der Waals surface area contributed by atoms with Crippen molar-refractivity contribution in [3.63, 3.8) is 0 Å². The zero-order chi connectivity index (χ0) is 23.1. The number of aliphatic imine (C=N–C) groups is 1. The highest BCUT2D eigenvalue weighted by Crippen LogP contribution is 2.36. The molecule has 1 aliphatic heterocycles. The lowest BCUT2D eigenvalue weighted by molar-refractivity contribution is -0.122. The molecule has 1 saturated heterocycles. The van der Waals surface area contributed by atoms with Gasteiger partial charge in [-0.25, -0.2) is 9.79 Å². The van der Waals surface area contributed by atoms with Crippen LogP contribution >= 0.6 is 11.8 Å². The predicted octanol–water partition coefficient (Wildman–Crippen LogP) is 5.20. The van der Waals surface area contributed by atoms with Crippen molar-refractivity contribution in [2.75, 3.05) is 19.8 Å². The third-order valence-electron chi connectivity index (χ3n) is 4.55. The largest absolute Gasteiger partial charge is 0.490 e. The predicted molar refractivity (Wildman–Crippen MR) is 127 cm³/mol. The highest BCUT2D eigenvalue weighted by molar-refractivity contribution is 8.18. The second kappa shape index (κ2) is 10.9. The van der Waals surface area contributed by atoms with Crippen LogP contribution in [0.25, 0.3) is 6.08 Å². The van der Waals surface area contributed by atoms with Crippen LogP contribution in [0.1, 0.15) is 43.1 Å². The van der Waals surface area contributed by atoms with Crippen molar-refractivity contribution in [3.05, 3.63) is 58.5 Å². The molecule has 1 amide bonds. The molecule has 0 spiro atoms. The van der Waals surface area contributed by atoms with Gasteiger partial charge in [-0.1, -0.05) is 19.1 Å². The van der Waals surface area contributed by atoms with E-state index < -0.39 is 5.97 Å². The molecule has 1 aliphatic rings. The summed E-state index contributed by atoms with van der Waals surface area (Å²) in [5.74, 6) is 0.149. The Labute approximate surface area is 191 Å². The Kier molecular flexibility index (Phi) is 7.94. The van der Waals surface area contributed by atoms with Gasteiger partial charge in [-0.3, -0.25) is 9.69 Å². The molecule has 1 N–H and O–H groups in total. The molecule has 0 aromatic heterocycles. The summed E-state index contributed by atoms with van der Waals surface area (Å²) in [6.45, 7) is 7.38. The molecule has 8 heteroatoms. The SMILES string of the molecule is CCCOc1ccc(/C=C2/SC(=Nc3cccc(C(=O)O)c3)N(CC)C2=O)cc1OCC. The number of hydrogen-bond donors (Lipinski definition) is 1. The minimum Gasteiger partial charge on any atom is -0.490 e. The van der Waals surface area contributed by atoms with E-state index in [2.05, 4.69) is 4.99 Å². The first kappa shape index (κ1) is 23.4. The number of hydrogen-bond acceptors (Lipinski definition) is 6. The van der Waals surface area contributed by atoms with Crippen molar-refractivity contribution in [2.45, 2.75) is 27.2 Å². The average Bonchev–Trinajstić information content (AvgIpc) is 3.07. The van der Waals surface area contributed by atoms with E-state index in [4.69, 9.17) is 9.47 Å². The number of likely N-dealkylation sites (N-methyl/N-ethyl adjacent to an activating group) is 1. The summed E-state index contributed by atoms with van der Waals surface area (Å²) in [6.07, 6.45) is 2.70. The minimum atomic E-state index is -1.02. The average molecular weight is 455 g/mol. The Balaban J connectivity index is 1.90. The van der Waals surface area contributed by atoms with Crippen LogP contribution < -0.4 is 9.47 Å². The van der Waals surface area contributed by atoms with E-state index in [9.17, 15) is 14.7 Å².